The van der Waals surface area contributed by atoms with E-state index in [1.54, 1.807) is 6.92 Å². The van der Waals surface area contributed by atoms with Gasteiger partial charge in [-0.15, -0.1) is 0 Å². The van der Waals surface area contributed by atoms with Gasteiger partial charge in [-0.1, -0.05) is 39.0 Å². The second kappa shape index (κ2) is 17.0. The molecule has 0 amide bonds. The summed E-state index contributed by atoms with van der Waals surface area (Å²) in [5, 5.41) is 42.3. The van der Waals surface area contributed by atoms with Gasteiger partial charge in [0, 0.05) is 18.2 Å². The number of unbranched alkanes of at least 4 members (excludes halogenated alkanes) is 5. The number of nitrogens with zero attached hydrogens (tertiary/aromatic N) is 3. The predicted octanol–water partition coefficient (Wildman–Crippen LogP) is 6.31. The number of ether oxygens (including phenoxy) is 4. The number of methoxy groups -OCH3 is 1. The Balaban J connectivity index is 1.60. The van der Waals surface area contributed by atoms with Crippen molar-refractivity contribution in [1.82, 2.24) is 15.0 Å². The van der Waals surface area contributed by atoms with Crippen LogP contribution in [0.25, 0.3) is 34.2 Å². The molecule has 0 radical (unpaired) electrons. The minimum absolute atomic E-state index is 0.0260. The Labute approximate surface area is 284 Å². The van der Waals surface area contributed by atoms with Gasteiger partial charge in [0.2, 0.25) is 0 Å². The summed E-state index contributed by atoms with van der Waals surface area (Å²) in [6, 6.07) is 12.4. The summed E-state index contributed by atoms with van der Waals surface area (Å²) in [5.74, 6) is -1.90. The highest BCUT2D eigenvalue weighted by atomic mass is 16.6. The number of phenols is 4. The third-order valence-corrected chi connectivity index (χ3v) is 7.51. The number of carbonyl (C=O) groups excluding carboxylic acids is 2. The predicted molar refractivity (Wildman–Crippen MR) is 179 cm³/mol. The third-order valence-electron chi connectivity index (χ3n) is 7.51. The number of phenolic OH excluding ortho intramolecular Hbond substituents is 4. The zero-order valence-electron chi connectivity index (χ0n) is 27.9. The van der Waals surface area contributed by atoms with Gasteiger partial charge < -0.3 is 39.4 Å². The van der Waals surface area contributed by atoms with E-state index in [4.69, 9.17) is 14.2 Å². The second-order valence-corrected chi connectivity index (χ2v) is 11.3. The SMILES string of the molecule is CCCCCCCCOC(=O)C(C)Oc1ccc(-c2nc(-c3ccc(O)cc3O)nc(-c3ccc(OC(C)C(=O)OC)cc3O)n2)c(O)c1. The van der Waals surface area contributed by atoms with Gasteiger partial charge in [0.1, 0.15) is 34.5 Å². The van der Waals surface area contributed by atoms with E-state index in [0.717, 1.165) is 25.3 Å². The van der Waals surface area contributed by atoms with Crippen molar-refractivity contribution in [3.05, 3.63) is 54.6 Å². The van der Waals surface area contributed by atoms with E-state index in [-0.39, 0.29) is 68.7 Å². The lowest BCUT2D eigenvalue weighted by atomic mass is 10.1. The Hall–Kier alpha value is -5.59. The van der Waals surface area contributed by atoms with Gasteiger partial charge in [0.05, 0.1) is 30.4 Å². The molecule has 4 aromatic rings. The fourth-order valence-electron chi connectivity index (χ4n) is 4.84. The van der Waals surface area contributed by atoms with E-state index in [2.05, 4.69) is 26.6 Å². The number of esters is 2. The summed E-state index contributed by atoms with van der Waals surface area (Å²) in [5.41, 5.74) is 0.441. The van der Waals surface area contributed by atoms with Gasteiger partial charge in [-0.3, -0.25) is 0 Å². The minimum atomic E-state index is -0.934. The van der Waals surface area contributed by atoms with Crippen molar-refractivity contribution in [2.45, 2.75) is 71.5 Å². The molecule has 3 aromatic carbocycles. The molecule has 49 heavy (non-hydrogen) atoms. The first kappa shape index (κ1) is 36.2. The maximum absolute atomic E-state index is 12.5. The summed E-state index contributed by atoms with van der Waals surface area (Å²) in [6.45, 7) is 5.52. The van der Waals surface area contributed by atoms with Gasteiger partial charge in [0.15, 0.2) is 29.7 Å². The summed E-state index contributed by atoms with van der Waals surface area (Å²) >= 11 is 0. The average Bonchev–Trinajstić information content (AvgIpc) is 3.07. The summed E-state index contributed by atoms with van der Waals surface area (Å²) in [7, 11) is 1.23. The smallest absolute Gasteiger partial charge is 0.347 e. The highest BCUT2D eigenvalue weighted by Crippen LogP contribution is 2.37. The van der Waals surface area contributed by atoms with Crippen molar-refractivity contribution in [3.63, 3.8) is 0 Å². The molecule has 0 aliphatic rings. The molecule has 13 heteroatoms. The molecule has 4 rings (SSSR count). The standard InChI is InChI=1S/C36H41N3O10/c1-5-6-7-8-9-10-17-47-36(45)22(3)49-25-13-16-28(31(43)20-25)34-38-32(26-14-11-23(40)18-29(26)41)37-33(39-34)27-15-12-24(19-30(27)42)48-21(2)35(44)46-4/h11-16,18-22,40-43H,5-10,17H2,1-4H3. The van der Waals surface area contributed by atoms with Gasteiger partial charge in [-0.05, 0) is 56.7 Å². The second-order valence-electron chi connectivity index (χ2n) is 11.3. The number of hydrogen-bond acceptors (Lipinski definition) is 13. The molecule has 1 aromatic heterocycles. The monoisotopic (exact) mass is 675 g/mol. The molecule has 0 fully saturated rings. The summed E-state index contributed by atoms with van der Waals surface area (Å²) in [4.78, 5) is 37.6. The molecule has 2 unspecified atom stereocenters. The number of aromatic nitrogens is 3. The van der Waals surface area contributed by atoms with E-state index < -0.39 is 24.1 Å². The molecule has 4 N–H and O–H groups in total. The van der Waals surface area contributed by atoms with Crippen molar-refractivity contribution in [2.75, 3.05) is 13.7 Å². The Morgan fingerprint density at radius 1 is 0.633 bits per heavy atom. The van der Waals surface area contributed by atoms with Crippen LogP contribution in [0.1, 0.15) is 59.3 Å². The molecule has 13 nitrogen and oxygen atoms in total. The van der Waals surface area contributed by atoms with Crippen molar-refractivity contribution < 1.29 is 49.0 Å². The maximum Gasteiger partial charge on any atom is 0.347 e. The number of rotatable bonds is 16. The molecule has 2 atom stereocenters. The summed E-state index contributed by atoms with van der Waals surface area (Å²) < 4.78 is 21.3. The molecule has 0 aliphatic heterocycles. The van der Waals surface area contributed by atoms with E-state index in [0.29, 0.717) is 6.61 Å². The molecular formula is C36H41N3O10. The first-order chi connectivity index (χ1) is 23.5. The van der Waals surface area contributed by atoms with Crippen LogP contribution in [0.5, 0.6) is 34.5 Å². The lowest BCUT2D eigenvalue weighted by Gasteiger charge is -2.15. The van der Waals surface area contributed by atoms with Crippen LogP contribution in [0.2, 0.25) is 0 Å². The fraction of sp³-hybridized carbons (Fsp3) is 0.361. The van der Waals surface area contributed by atoms with Crippen LogP contribution < -0.4 is 9.47 Å². The van der Waals surface area contributed by atoms with Crippen LogP contribution in [-0.4, -0.2) is 73.2 Å². The Morgan fingerprint density at radius 2 is 1.08 bits per heavy atom. The lowest BCUT2D eigenvalue weighted by molar-refractivity contribution is -0.151. The molecule has 0 saturated carbocycles. The molecule has 0 spiro atoms. The van der Waals surface area contributed by atoms with E-state index in [9.17, 15) is 30.0 Å². The first-order valence-electron chi connectivity index (χ1n) is 16.0. The van der Waals surface area contributed by atoms with E-state index in [1.165, 1.54) is 81.8 Å². The van der Waals surface area contributed by atoms with Crippen molar-refractivity contribution in [3.8, 4) is 68.7 Å². The third kappa shape index (κ3) is 9.72. The average molecular weight is 676 g/mol. The molecule has 1 heterocycles. The van der Waals surface area contributed by atoms with Crippen molar-refractivity contribution in [2.24, 2.45) is 0 Å². The first-order valence-corrected chi connectivity index (χ1v) is 16.0. The number of aromatic hydroxyl groups is 4. The normalized spacial score (nSPS) is 12.2. The molecule has 260 valence electrons. The maximum atomic E-state index is 12.5. The quantitative estimate of drug-likeness (QED) is 0.0764. The summed E-state index contributed by atoms with van der Waals surface area (Å²) in [6.07, 6.45) is 4.53. The highest BCUT2D eigenvalue weighted by molar-refractivity contribution is 5.76. The Morgan fingerprint density at radius 3 is 1.55 bits per heavy atom. The van der Waals surface area contributed by atoms with Crippen LogP contribution in [0.3, 0.4) is 0 Å². The van der Waals surface area contributed by atoms with E-state index >= 15 is 0 Å². The highest BCUT2D eigenvalue weighted by Gasteiger charge is 2.22. The molecular weight excluding hydrogens is 634 g/mol. The number of benzene rings is 3. The number of hydrogen-bond donors (Lipinski definition) is 4. The van der Waals surface area contributed by atoms with Crippen molar-refractivity contribution >= 4 is 11.9 Å². The van der Waals surface area contributed by atoms with Crippen LogP contribution in [-0.2, 0) is 19.1 Å². The zero-order valence-corrected chi connectivity index (χ0v) is 27.9. The van der Waals surface area contributed by atoms with Crippen LogP contribution in [0.4, 0.5) is 0 Å². The zero-order chi connectivity index (χ0) is 35.5. The van der Waals surface area contributed by atoms with Gasteiger partial charge in [-0.25, -0.2) is 24.5 Å². The van der Waals surface area contributed by atoms with Crippen molar-refractivity contribution in [1.29, 1.82) is 0 Å². The van der Waals surface area contributed by atoms with Crippen LogP contribution in [0, 0.1) is 0 Å². The van der Waals surface area contributed by atoms with Gasteiger partial charge in [0.25, 0.3) is 0 Å². The van der Waals surface area contributed by atoms with Gasteiger partial charge >= 0.3 is 11.9 Å². The van der Waals surface area contributed by atoms with Gasteiger partial charge in [-0.2, -0.15) is 0 Å². The molecule has 0 saturated heterocycles. The molecule has 0 bridgehead atoms. The number of carbonyl (C=O) groups is 2. The lowest BCUT2D eigenvalue weighted by Crippen LogP contribution is -2.26. The topological polar surface area (TPSA) is 191 Å². The fourth-order valence-corrected chi connectivity index (χ4v) is 4.84. The van der Waals surface area contributed by atoms with Crippen LogP contribution >= 0.6 is 0 Å². The Kier molecular flexibility index (Phi) is 12.6. The molecule has 0 aliphatic carbocycles. The largest absolute Gasteiger partial charge is 0.508 e. The Bertz CT molecular complexity index is 1760. The minimum Gasteiger partial charge on any atom is -0.508 e. The van der Waals surface area contributed by atoms with Crippen LogP contribution in [0.15, 0.2) is 54.6 Å². The van der Waals surface area contributed by atoms with E-state index in [1.807, 2.05) is 0 Å².